The van der Waals surface area contributed by atoms with Gasteiger partial charge in [-0.3, -0.25) is 4.79 Å². The van der Waals surface area contributed by atoms with E-state index in [-0.39, 0.29) is 5.78 Å². The highest BCUT2D eigenvalue weighted by atomic mass is 16.1. The molecule has 0 bridgehead atoms. The lowest BCUT2D eigenvalue weighted by molar-refractivity contribution is 0.0858. The predicted molar refractivity (Wildman–Crippen MR) is 85.0 cm³/mol. The van der Waals surface area contributed by atoms with Crippen LogP contribution < -0.4 is 0 Å². The lowest BCUT2D eigenvalue weighted by atomic mass is 9.86. The quantitative estimate of drug-likeness (QED) is 0.666. The van der Waals surface area contributed by atoms with Gasteiger partial charge in [0.1, 0.15) is 5.82 Å². The zero-order valence-corrected chi connectivity index (χ0v) is 12.9. The van der Waals surface area contributed by atoms with E-state index in [2.05, 4.69) is 20.6 Å². The van der Waals surface area contributed by atoms with E-state index in [0.717, 1.165) is 30.2 Å². The van der Waals surface area contributed by atoms with Gasteiger partial charge in [0.05, 0.1) is 11.9 Å². The summed E-state index contributed by atoms with van der Waals surface area (Å²) in [5, 5.41) is 0. The fourth-order valence-corrected chi connectivity index (χ4v) is 2.71. The minimum absolute atomic E-state index is 0.123. The molecule has 0 saturated carbocycles. The highest BCUT2D eigenvalue weighted by molar-refractivity contribution is 6.04. The Morgan fingerprint density at radius 2 is 2.05 bits per heavy atom. The number of rotatable bonds is 2. The first-order valence-electron chi connectivity index (χ1n) is 7.49. The molecule has 1 aromatic heterocycles. The minimum atomic E-state index is -0.401. The maximum absolute atomic E-state index is 12.5. The van der Waals surface area contributed by atoms with Gasteiger partial charge in [-0.1, -0.05) is 26.5 Å². The molecule has 1 saturated heterocycles. The van der Waals surface area contributed by atoms with E-state index in [0.29, 0.717) is 5.56 Å². The van der Waals surface area contributed by atoms with Crippen molar-refractivity contribution in [3.63, 3.8) is 0 Å². The Balaban J connectivity index is 1.99. The number of allylic oxidation sites excluding steroid dienone is 1. The van der Waals surface area contributed by atoms with Crippen molar-refractivity contribution in [3.05, 3.63) is 28.8 Å². The molecule has 0 radical (unpaired) electrons. The van der Waals surface area contributed by atoms with Crippen LogP contribution in [-0.2, 0) is 0 Å². The molecule has 0 aliphatic carbocycles. The predicted octanol–water partition coefficient (Wildman–Crippen LogP) is 3.55. The number of aromatic nitrogens is 1. The van der Waals surface area contributed by atoms with E-state index in [1.54, 1.807) is 6.20 Å². The molecule has 0 unspecified atom stereocenters. The summed E-state index contributed by atoms with van der Waals surface area (Å²) in [5.41, 5.74) is 5.46. The second kappa shape index (κ2) is 5.05. The number of nitrogens with zero attached hydrogens (tertiary/aromatic N) is 2. The minimum Gasteiger partial charge on any atom is -0.364 e. The van der Waals surface area contributed by atoms with Crippen LogP contribution in [0.1, 0.15) is 49.5 Å². The van der Waals surface area contributed by atoms with Gasteiger partial charge in [-0.25, -0.2) is 4.99 Å². The fraction of sp³-hybridized carbons (Fsp3) is 0.471. The van der Waals surface area contributed by atoms with Crippen molar-refractivity contribution in [2.45, 2.75) is 33.6 Å². The first-order valence-corrected chi connectivity index (χ1v) is 7.49. The molecule has 2 aliphatic rings. The Kier molecular flexibility index (Phi) is 3.34. The molecule has 0 spiro atoms. The SMILES string of the molecule is CC(C)(C)C(=O)c1c[nH]c2c1C=C=C(N1CCCC1)C=N2. The van der Waals surface area contributed by atoms with Crippen LogP contribution in [0.2, 0.25) is 0 Å². The van der Waals surface area contributed by atoms with Crippen LogP contribution in [0.4, 0.5) is 5.82 Å². The molecule has 1 fully saturated rings. The number of Topliss-reactive ketones (excluding diaryl/α,β-unsaturated/α-hetero) is 1. The Labute approximate surface area is 125 Å². The van der Waals surface area contributed by atoms with E-state index >= 15 is 0 Å². The maximum Gasteiger partial charge on any atom is 0.170 e. The molecular formula is C17H21N3O. The van der Waals surface area contributed by atoms with Gasteiger partial charge in [-0.2, -0.15) is 0 Å². The van der Waals surface area contributed by atoms with Crippen LogP contribution in [0, 0.1) is 5.41 Å². The number of likely N-dealkylation sites (tertiary alicyclic amines) is 1. The highest BCUT2D eigenvalue weighted by Crippen LogP contribution is 2.30. The van der Waals surface area contributed by atoms with Crippen molar-refractivity contribution in [2.75, 3.05) is 13.1 Å². The molecule has 4 nitrogen and oxygen atoms in total. The summed E-state index contributed by atoms with van der Waals surface area (Å²) in [6, 6.07) is 0. The second-order valence-corrected chi connectivity index (χ2v) is 6.67. The molecule has 110 valence electrons. The third-order valence-electron chi connectivity index (χ3n) is 3.95. The standard InChI is InChI=1S/C17H21N3O/c1-17(2,3)15(21)14-11-19-16-13(14)7-6-12(10-18-16)20-8-4-5-9-20/h7,10-11,19H,4-5,8-9H2,1-3H3. The molecule has 2 aliphatic heterocycles. The number of carbonyl (C=O) groups is 1. The summed E-state index contributed by atoms with van der Waals surface area (Å²) < 4.78 is 0. The third kappa shape index (κ3) is 2.59. The first-order chi connectivity index (χ1) is 9.97. The average Bonchev–Trinajstić information content (AvgIpc) is 3.04. The summed E-state index contributed by atoms with van der Waals surface area (Å²) in [5.74, 6) is 0.863. The molecule has 4 heteroatoms. The number of hydrogen-bond acceptors (Lipinski definition) is 3. The number of carbonyl (C=O) groups excluding carboxylic acids is 1. The Hall–Kier alpha value is -2.06. The van der Waals surface area contributed by atoms with Gasteiger partial charge in [0.2, 0.25) is 0 Å². The van der Waals surface area contributed by atoms with E-state index in [1.165, 1.54) is 12.8 Å². The van der Waals surface area contributed by atoms with Gasteiger partial charge in [0.15, 0.2) is 5.78 Å². The maximum atomic E-state index is 12.5. The molecule has 0 aromatic carbocycles. The van der Waals surface area contributed by atoms with Crippen LogP contribution >= 0.6 is 0 Å². The van der Waals surface area contributed by atoms with Crippen LogP contribution in [-0.4, -0.2) is 35.0 Å². The first kappa shape index (κ1) is 13.9. The number of aliphatic imine (C=N–C) groups is 1. The number of hydrogen-bond donors (Lipinski definition) is 1. The summed E-state index contributed by atoms with van der Waals surface area (Å²) in [6.07, 6.45) is 7.94. The molecule has 3 heterocycles. The van der Waals surface area contributed by atoms with Crippen LogP contribution in [0.5, 0.6) is 0 Å². The van der Waals surface area contributed by atoms with E-state index in [4.69, 9.17) is 0 Å². The number of nitrogens with one attached hydrogen (secondary N) is 1. The summed E-state index contributed by atoms with van der Waals surface area (Å²) in [4.78, 5) is 22.4. The Morgan fingerprint density at radius 1 is 1.33 bits per heavy atom. The molecule has 1 N–H and O–H groups in total. The van der Waals surface area contributed by atoms with Crippen molar-refractivity contribution >= 4 is 23.9 Å². The van der Waals surface area contributed by atoms with Gasteiger partial charge >= 0.3 is 0 Å². The summed E-state index contributed by atoms with van der Waals surface area (Å²) in [7, 11) is 0. The summed E-state index contributed by atoms with van der Waals surface area (Å²) >= 11 is 0. The molecule has 21 heavy (non-hydrogen) atoms. The lowest BCUT2D eigenvalue weighted by Crippen LogP contribution is -2.20. The van der Waals surface area contributed by atoms with Gasteiger partial charge < -0.3 is 9.88 Å². The fourth-order valence-electron chi connectivity index (χ4n) is 2.71. The van der Waals surface area contributed by atoms with Crippen molar-refractivity contribution in [1.29, 1.82) is 0 Å². The molecular weight excluding hydrogens is 262 g/mol. The largest absolute Gasteiger partial charge is 0.364 e. The van der Waals surface area contributed by atoms with Crippen molar-refractivity contribution in [1.82, 2.24) is 9.88 Å². The van der Waals surface area contributed by atoms with Crippen molar-refractivity contribution < 1.29 is 4.79 Å². The van der Waals surface area contributed by atoms with E-state index in [1.807, 2.05) is 33.1 Å². The highest BCUT2D eigenvalue weighted by Gasteiger charge is 2.27. The Bertz CT molecular complexity index is 661. The van der Waals surface area contributed by atoms with E-state index in [9.17, 15) is 4.79 Å². The second-order valence-electron chi connectivity index (χ2n) is 6.67. The Morgan fingerprint density at radius 3 is 2.71 bits per heavy atom. The van der Waals surface area contributed by atoms with E-state index < -0.39 is 5.41 Å². The van der Waals surface area contributed by atoms with Crippen LogP contribution in [0.25, 0.3) is 6.08 Å². The average molecular weight is 283 g/mol. The molecule has 3 rings (SSSR count). The van der Waals surface area contributed by atoms with Crippen LogP contribution in [0.3, 0.4) is 0 Å². The molecule has 0 atom stereocenters. The summed E-state index contributed by atoms with van der Waals surface area (Å²) in [6.45, 7) is 7.92. The van der Waals surface area contributed by atoms with Crippen molar-refractivity contribution in [3.8, 4) is 0 Å². The van der Waals surface area contributed by atoms with Crippen LogP contribution in [0.15, 0.2) is 22.6 Å². The van der Waals surface area contributed by atoms with Crippen molar-refractivity contribution in [2.24, 2.45) is 10.4 Å². The van der Waals surface area contributed by atoms with Gasteiger partial charge in [0.25, 0.3) is 0 Å². The number of fused-ring (bicyclic) bond motifs is 1. The zero-order valence-electron chi connectivity index (χ0n) is 12.9. The normalized spacial score (nSPS) is 17.7. The molecule has 0 amide bonds. The number of ketones is 1. The topological polar surface area (TPSA) is 48.5 Å². The number of aromatic amines is 1. The zero-order chi connectivity index (χ0) is 15.0. The lowest BCUT2D eigenvalue weighted by Gasteiger charge is -2.16. The number of H-pyrrole nitrogens is 1. The van der Waals surface area contributed by atoms with Gasteiger partial charge in [-0.15, -0.1) is 0 Å². The monoisotopic (exact) mass is 283 g/mol. The van der Waals surface area contributed by atoms with Gasteiger partial charge in [0, 0.05) is 35.8 Å². The smallest absolute Gasteiger partial charge is 0.170 e. The third-order valence-corrected chi connectivity index (χ3v) is 3.95. The molecule has 1 aromatic rings. The van der Waals surface area contributed by atoms with Gasteiger partial charge in [-0.05, 0) is 18.9 Å².